The van der Waals surface area contributed by atoms with Crippen LogP contribution in [-0.4, -0.2) is 39.6 Å². The van der Waals surface area contributed by atoms with Crippen molar-refractivity contribution in [3.63, 3.8) is 0 Å². The predicted molar refractivity (Wildman–Crippen MR) is 99.9 cm³/mol. The number of carbonyl (C=O) groups is 3. The zero-order chi connectivity index (χ0) is 20.6. The molecule has 1 aromatic rings. The van der Waals surface area contributed by atoms with Gasteiger partial charge in [0, 0.05) is 17.8 Å². The zero-order valence-electron chi connectivity index (χ0n) is 15.9. The highest BCUT2D eigenvalue weighted by atomic mass is 16.5. The van der Waals surface area contributed by atoms with Crippen molar-refractivity contribution in [1.82, 2.24) is 20.2 Å². The van der Waals surface area contributed by atoms with Gasteiger partial charge in [-0.25, -0.2) is 9.59 Å². The highest BCUT2D eigenvalue weighted by molar-refractivity contribution is 5.95. The van der Waals surface area contributed by atoms with Gasteiger partial charge in [-0.05, 0) is 56.3 Å². The lowest BCUT2D eigenvalue weighted by molar-refractivity contribution is -0.149. The van der Waals surface area contributed by atoms with Crippen molar-refractivity contribution in [2.45, 2.75) is 50.6 Å². The predicted octanol–water partition coefficient (Wildman–Crippen LogP) is -0.126. The van der Waals surface area contributed by atoms with Crippen molar-refractivity contribution < 1.29 is 19.1 Å². The van der Waals surface area contributed by atoms with Crippen LogP contribution in [0.2, 0.25) is 0 Å². The van der Waals surface area contributed by atoms with Crippen LogP contribution in [0.15, 0.2) is 21.9 Å². The molecule has 0 aromatic carbocycles. The summed E-state index contributed by atoms with van der Waals surface area (Å²) in [5, 5.41) is 5.22. The van der Waals surface area contributed by atoms with Gasteiger partial charge in [-0.2, -0.15) is 0 Å². The molecule has 5 rings (SSSR count). The maximum absolute atomic E-state index is 12.3. The lowest BCUT2D eigenvalue weighted by atomic mass is 9.53. The summed E-state index contributed by atoms with van der Waals surface area (Å²) in [6.07, 6.45) is 7.78. The summed E-state index contributed by atoms with van der Waals surface area (Å²) in [5.41, 5.74) is -1.56. The Balaban J connectivity index is 1.23. The third-order valence-corrected chi connectivity index (χ3v) is 6.23. The van der Waals surface area contributed by atoms with Gasteiger partial charge in [-0.1, -0.05) is 0 Å². The molecule has 4 fully saturated rings. The first-order chi connectivity index (χ1) is 13.8. The van der Waals surface area contributed by atoms with Gasteiger partial charge < -0.3 is 10.1 Å². The topological polar surface area (TPSA) is 139 Å². The van der Waals surface area contributed by atoms with Crippen LogP contribution in [0, 0.1) is 17.8 Å². The van der Waals surface area contributed by atoms with E-state index in [1.165, 1.54) is 19.3 Å². The first-order valence-electron chi connectivity index (χ1n) is 9.88. The fourth-order valence-corrected chi connectivity index (χ4v) is 5.60. The van der Waals surface area contributed by atoms with Crippen molar-refractivity contribution in [2.24, 2.45) is 17.8 Å². The van der Waals surface area contributed by atoms with Gasteiger partial charge in [-0.15, -0.1) is 0 Å². The Hall–Kier alpha value is -2.91. The number of hydrogen-bond acceptors (Lipinski definition) is 6. The first kappa shape index (κ1) is 19.4. The smallest absolute Gasteiger partial charge is 0.328 e. The molecule has 156 valence electrons. The largest absolute Gasteiger partial charge is 0.454 e. The number of carbonyl (C=O) groups excluding carboxylic acids is 3. The molecule has 1 aromatic heterocycles. The number of amides is 3. The van der Waals surface area contributed by atoms with Crippen LogP contribution in [0.25, 0.3) is 0 Å². The Labute approximate surface area is 166 Å². The molecule has 0 spiro atoms. The average Bonchev–Trinajstić information content (AvgIpc) is 2.60. The normalized spacial score (nSPS) is 29.3. The Morgan fingerprint density at radius 3 is 2.31 bits per heavy atom. The molecule has 4 aliphatic carbocycles. The van der Waals surface area contributed by atoms with Crippen LogP contribution in [0.3, 0.4) is 0 Å². The maximum Gasteiger partial charge on any atom is 0.328 e. The molecule has 0 saturated heterocycles. The Morgan fingerprint density at radius 1 is 1.10 bits per heavy atom. The number of urea groups is 1. The molecule has 4 bridgehead atoms. The second kappa shape index (κ2) is 7.49. The quantitative estimate of drug-likeness (QED) is 0.585. The third-order valence-electron chi connectivity index (χ3n) is 6.23. The SMILES string of the molecule is O=C(COC(=O)Cn1ccc(=O)[nH]c1=O)NC(=O)NC12CC3CC(CC(C3)C1)C2. The number of rotatable bonds is 5. The fourth-order valence-electron chi connectivity index (χ4n) is 5.60. The van der Waals surface area contributed by atoms with Crippen molar-refractivity contribution in [2.75, 3.05) is 6.61 Å². The van der Waals surface area contributed by atoms with Crippen LogP contribution < -0.4 is 21.9 Å². The molecule has 29 heavy (non-hydrogen) atoms. The minimum absolute atomic E-state index is 0.221. The number of esters is 1. The summed E-state index contributed by atoms with van der Waals surface area (Å²) in [4.78, 5) is 60.6. The van der Waals surface area contributed by atoms with E-state index in [-0.39, 0.29) is 5.54 Å². The molecule has 10 heteroatoms. The molecule has 0 unspecified atom stereocenters. The summed E-state index contributed by atoms with van der Waals surface area (Å²) in [5.74, 6) is 0.406. The highest BCUT2D eigenvalue weighted by Gasteiger charge is 2.51. The number of nitrogens with one attached hydrogen (secondary N) is 3. The summed E-state index contributed by atoms with van der Waals surface area (Å²) < 4.78 is 5.75. The Morgan fingerprint density at radius 2 is 1.72 bits per heavy atom. The van der Waals surface area contributed by atoms with E-state index in [9.17, 15) is 24.0 Å². The van der Waals surface area contributed by atoms with Crippen LogP contribution in [0.1, 0.15) is 38.5 Å². The van der Waals surface area contributed by atoms with E-state index < -0.39 is 42.3 Å². The Bertz CT molecular complexity index is 913. The van der Waals surface area contributed by atoms with Gasteiger partial charge in [0.15, 0.2) is 6.61 Å². The van der Waals surface area contributed by atoms with Gasteiger partial charge >= 0.3 is 17.7 Å². The average molecular weight is 404 g/mol. The number of ether oxygens (including phenoxy) is 1. The molecular weight excluding hydrogens is 380 g/mol. The van der Waals surface area contributed by atoms with Gasteiger partial charge in [0.05, 0.1) is 0 Å². The van der Waals surface area contributed by atoms with Gasteiger partial charge in [0.25, 0.3) is 11.5 Å². The van der Waals surface area contributed by atoms with Gasteiger partial charge in [0.2, 0.25) is 0 Å². The highest BCUT2D eigenvalue weighted by Crippen LogP contribution is 2.55. The standard InChI is InChI=1S/C19H24N4O6/c24-14-1-2-23(18(28)21-14)9-16(26)29-10-15(25)20-17(27)22-19-6-11-3-12(7-19)5-13(4-11)8-19/h1-2,11-13H,3-10H2,(H,21,24,28)(H2,20,22,25,27). The maximum atomic E-state index is 12.3. The molecule has 10 nitrogen and oxygen atoms in total. The molecule has 0 radical (unpaired) electrons. The number of aromatic amines is 1. The number of imide groups is 1. The second-order valence-electron chi connectivity index (χ2n) is 8.60. The summed E-state index contributed by atoms with van der Waals surface area (Å²) in [7, 11) is 0. The van der Waals surface area contributed by atoms with Crippen molar-refractivity contribution in [3.05, 3.63) is 33.1 Å². The molecule has 0 atom stereocenters. The third kappa shape index (κ3) is 4.41. The number of nitrogens with zero attached hydrogens (tertiary/aromatic N) is 1. The van der Waals surface area contributed by atoms with Crippen LogP contribution in [0.4, 0.5) is 4.79 Å². The summed E-state index contributed by atoms with van der Waals surface area (Å²) in [6, 6.07) is 0.528. The minimum Gasteiger partial charge on any atom is -0.454 e. The van der Waals surface area contributed by atoms with Crippen molar-refractivity contribution in [3.8, 4) is 0 Å². The minimum atomic E-state index is -0.837. The Kier molecular flexibility index (Phi) is 5.01. The zero-order valence-corrected chi connectivity index (χ0v) is 15.9. The van der Waals surface area contributed by atoms with Crippen LogP contribution >= 0.6 is 0 Å². The fraction of sp³-hybridized carbons (Fsp3) is 0.632. The number of H-pyrrole nitrogens is 1. The first-order valence-corrected chi connectivity index (χ1v) is 9.88. The van der Waals surface area contributed by atoms with Crippen molar-refractivity contribution >= 4 is 17.9 Å². The molecule has 4 saturated carbocycles. The van der Waals surface area contributed by atoms with E-state index in [0.717, 1.165) is 36.1 Å². The van der Waals surface area contributed by atoms with Gasteiger partial charge in [0.1, 0.15) is 6.54 Å². The lowest BCUT2D eigenvalue weighted by Gasteiger charge is -2.56. The molecule has 1 heterocycles. The monoisotopic (exact) mass is 404 g/mol. The van der Waals surface area contributed by atoms with E-state index in [0.29, 0.717) is 17.8 Å². The molecule has 3 N–H and O–H groups in total. The number of aromatic nitrogens is 2. The lowest BCUT2D eigenvalue weighted by Crippen LogP contribution is -2.62. The van der Waals surface area contributed by atoms with Crippen molar-refractivity contribution in [1.29, 1.82) is 0 Å². The summed E-state index contributed by atoms with van der Waals surface area (Å²) >= 11 is 0. The second-order valence-corrected chi connectivity index (χ2v) is 8.60. The van der Waals surface area contributed by atoms with E-state index >= 15 is 0 Å². The molecular formula is C19H24N4O6. The van der Waals surface area contributed by atoms with E-state index in [2.05, 4.69) is 10.6 Å². The van der Waals surface area contributed by atoms with E-state index in [1.807, 2.05) is 4.98 Å². The van der Waals surface area contributed by atoms with Gasteiger partial charge in [-0.3, -0.25) is 29.3 Å². The van der Waals surface area contributed by atoms with Crippen LogP contribution in [0.5, 0.6) is 0 Å². The van der Waals surface area contributed by atoms with Crippen LogP contribution in [-0.2, 0) is 20.9 Å². The molecule has 0 aliphatic heterocycles. The summed E-state index contributed by atoms with van der Waals surface area (Å²) in [6.45, 7) is -1.09. The van der Waals surface area contributed by atoms with E-state index in [4.69, 9.17) is 4.74 Å². The van der Waals surface area contributed by atoms with E-state index in [1.54, 1.807) is 0 Å². The number of hydrogen-bond donors (Lipinski definition) is 3. The molecule has 3 amide bonds. The molecule has 4 aliphatic rings.